The minimum absolute atomic E-state index is 0. The summed E-state index contributed by atoms with van der Waals surface area (Å²) in [5.41, 5.74) is 13.0. The first-order chi connectivity index (χ1) is 63.7. The molecule has 1 saturated heterocycles. The summed E-state index contributed by atoms with van der Waals surface area (Å²) < 4.78 is 87.6. The van der Waals surface area contributed by atoms with Gasteiger partial charge in [0.2, 0.25) is 0 Å². The number of hydrogen-bond donors (Lipinski definition) is 8. The Morgan fingerprint density at radius 3 is 1.04 bits per heavy atom. The topological polar surface area (TPSA) is 362 Å². The molecule has 10 N–H and O–H groups in total. The van der Waals surface area contributed by atoms with E-state index in [1.54, 1.807) is 116 Å². The second kappa shape index (κ2) is 73.5. The summed E-state index contributed by atoms with van der Waals surface area (Å²) in [5.74, 6) is 0.130. The van der Waals surface area contributed by atoms with Crippen molar-refractivity contribution in [1.29, 1.82) is 0 Å². The summed E-state index contributed by atoms with van der Waals surface area (Å²) >= 11 is 22.3. The van der Waals surface area contributed by atoms with E-state index >= 15 is 0 Å². The molecule has 6 heterocycles. The number of nitrogens with one attached hydrogen (secondary N) is 2. The number of aliphatic hydroxyl groups excluding tert-OH is 4. The number of carbonyl (C=O) groups is 4. The van der Waals surface area contributed by atoms with Gasteiger partial charge in [-0.3, -0.25) is 9.93 Å². The third-order valence-corrected chi connectivity index (χ3v) is 31.3. The van der Waals surface area contributed by atoms with Gasteiger partial charge in [-0.15, -0.1) is 56.7 Å². The van der Waals surface area contributed by atoms with E-state index < -0.39 is 79.1 Å². The molecule has 3 radical (unpaired) electrons. The molecule has 799 valence electrons. The molecule has 7 atom stereocenters. The molecule has 0 aliphatic carbocycles. The molecular weight excluding hydrogens is 2450 g/mol. The molecular formula is C99H161B2Br3I2N8NaO17S9Ti. The van der Waals surface area contributed by atoms with Crippen molar-refractivity contribution in [3.8, 4) is 22.3 Å². The van der Waals surface area contributed by atoms with E-state index in [2.05, 4.69) is 140 Å². The Balaban J connectivity index is -0.000000303. The number of thiophene rings is 5. The molecule has 8 aromatic rings. The Bertz CT molecular complexity index is 5030. The van der Waals surface area contributed by atoms with Crippen molar-refractivity contribution in [3.63, 3.8) is 0 Å². The molecule has 1 aliphatic heterocycles. The van der Waals surface area contributed by atoms with Gasteiger partial charge >= 0.3 is 55.0 Å². The molecule has 9 rings (SSSR count). The van der Waals surface area contributed by atoms with Gasteiger partial charge < -0.3 is 65.8 Å². The van der Waals surface area contributed by atoms with Crippen molar-refractivity contribution in [1.82, 2.24) is 24.1 Å². The molecule has 0 saturated carbocycles. The van der Waals surface area contributed by atoms with Gasteiger partial charge in [-0.1, -0.05) is 72.8 Å². The average Bonchev–Trinajstić information content (AvgIpc) is 1.62. The van der Waals surface area contributed by atoms with Crippen LogP contribution in [-0.2, 0) is 109 Å². The van der Waals surface area contributed by atoms with Gasteiger partial charge in [0.15, 0.2) is 5.78 Å². The van der Waals surface area contributed by atoms with Gasteiger partial charge in [-0.05, 0) is 369 Å². The summed E-state index contributed by atoms with van der Waals surface area (Å²) in [5, 5.41) is 45.5. The maximum atomic E-state index is 12.4. The van der Waals surface area contributed by atoms with Crippen LogP contribution < -0.4 is 55.3 Å². The van der Waals surface area contributed by atoms with E-state index in [1.807, 2.05) is 290 Å². The summed E-state index contributed by atoms with van der Waals surface area (Å²) in [6, 6.07) is 34.3. The van der Waals surface area contributed by atoms with Crippen LogP contribution in [-0.4, -0.2) is 192 Å². The number of Topliss-reactive ketones (excluding diaryl/α,β-unsaturated/α-hetero) is 1. The molecule has 1 aliphatic rings. The molecule has 25 nitrogen and oxygen atoms in total. The largest absolute Gasteiger partial charge is 1.00 e. The summed E-state index contributed by atoms with van der Waals surface area (Å²) in [6.07, 6.45) is -1.01. The van der Waals surface area contributed by atoms with E-state index in [0.717, 1.165) is 83.0 Å². The first kappa shape index (κ1) is 151. The van der Waals surface area contributed by atoms with Gasteiger partial charge in [-0.2, -0.15) is 4.40 Å². The second-order valence-corrected chi connectivity index (χ2v) is 54.1. The fraction of sp³-hybridized carbons (Fsp3) is 0.566. The molecule has 0 bridgehead atoms. The number of carbonyl (C=O) groups excluding carboxylic acids is 4. The zero-order valence-electron chi connectivity index (χ0n) is 91.6. The van der Waals surface area contributed by atoms with Crippen LogP contribution >= 0.6 is 142 Å². The zero-order valence-corrected chi connectivity index (χ0v) is 111. The van der Waals surface area contributed by atoms with Crippen LogP contribution in [0.2, 0.25) is 0 Å². The maximum Gasteiger partial charge on any atom is 1.00 e. The predicted molar refractivity (Wildman–Crippen MR) is 630 cm³/mol. The molecule has 43 heteroatoms. The van der Waals surface area contributed by atoms with Crippen LogP contribution in [0.1, 0.15) is 301 Å². The Morgan fingerprint density at radius 1 is 0.486 bits per heavy atom. The third kappa shape index (κ3) is 63.7. The van der Waals surface area contributed by atoms with Gasteiger partial charge in [0.25, 0.3) is 0 Å². The second-order valence-electron chi connectivity index (χ2n) is 39.0. The fourth-order valence-electron chi connectivity index (χ4n) is 9.84. The third-order valence-electron chi connectivity index (χ3n) is 17.6. The van der Waals surface area contributed by atoms with Crippen molar-refractivity contribution in [2.45, 2.75) is 320 Å². The molecule has 142 heavy (non-hydrogen) atoms. The SMILES string of the molecule is CC(=NS(=O)C(C)(C)C)c1cc(Br)cs1.CC(=O)c1cc(Br)cs1.CC(C)(C)S(N)=O.CC(N)c1cc(-c2ccccc2CN(C)C(=O)OC(C)(C)C)cs1.CC(NS(=O)C(C)(C)C)c1cc(-c2ccccc2CN(C)C(=O)OC(C)(C)C)cs1.CC(NS(=O)C(C)(C)C)c1cc(Br)cs1.CCO.CCO.CCO.CCO.CN(Cc1ccccc1B1OC(C)(C)C(C)(C)O1)C(=O)OC(C)(C)C.II.[B].[H-].[Na+].[Ti]. The van der Waals surface area contributed by atoms with Gasteiger partial charge in [0, 0.05) is 185 Å². The fourth-order valence-corrected chi connectivity index (χ4v) is 18.2. The number of halogens is 5. The zero-order chi connectivity index (χ0) is 109. The quantitative estimate of drug-likeness (QED) is 0.0123. The number of aliphatic hydroxyl groups is 4. The minimum atomic E-state index is -1.18. The first-order valence-electron chi connectivity index (χ1n) is 44.8. The molecule has 5 aromatic heterocycles. The number of nitrogens with zero attached hydrogens (tertiary/aromatic N) is 4. The Morgan fingerprint density at radius 2 is 0.768 bits per heavy atom. The molecule has 0 spiro atoms. The number of amides is 3. The van der Waals surface area contributed by atoms with E-state index in [0.29, 0.717) is 19.6 Å². The molecule has 3 amide bonds. The van der Waals surface area contributed by atoms with Crippen molar-refractivity contribution >= 4 is 236 Å². The van der Waals surface area contributed by atoms with E-state index in [4.69, 9.17) is 54.8 Å². The van der Waals surface area contributed by atoms with Crippen LogP contribution in [0.3, 0.4) is 0 Å². The maximum absolute atomic E-state index is 12.4. The van der Waals surface area contributed by atoms with Crippen molar-refractivity contribution < 1.29 is 133 Å². The molecule has 3 aromatic carbocycles. The molecule has 1 fully saturated rings. The summed E-state index contributed by atoms with van der Waals surface area (Å²) in [7, 11) is 0.274. The van der Waals surface area contributed by atoms with E-state index in [1.165, 1.54) is 16.2 Å². The first-order valence-corrected chi connectivity index (χ1v) is 62.5. The van der Waals surface area contributed by atoms with Crippen molar-refractivity contribution in [2.24, 2.45) is 15.3 Å². The van der Waals surface area contributed by atoms with Gasteiger partial charge in [0.05, 0.1) is 90.7 Å². The summed E-state index contributed by atoms with van der Waals surface area (Å²) in [4.78, 5) is 57.5. The Kier molecular flexibility index (Phi) is 78.1. The van der Waals surface area contributed by atoms with E-state index in [9.17, 15) is 36.0 Å². The predicted octanol–water partition coefficient (Wildman–Crippen LogP) is 23.1. The Hall–Kier alpha value is -1.75. The van der Waals surface area contributed by atoms with Crippen LogP contribution in [0.25, 0.3) is 22.3 Å². The number of nitrogens with two attached hydrogens (primary N) is 2. The van der Waals surface area contributed by atoms with Gasteiger partial charge in [-0.25, -0.2) is 40.7 Å². The number of rotatable bonds is 19. The van der Waals surface area contributed by atoms with Crippen LogP contribution in [0.4, 0.5) is 14.4 Å². The summed E-state index contributed by atoms with van der Waals surface area (Å²) in [6.45, 7) is 66.5. The van der Waals surface area contributed by atoms with Crippen LogP contribution in [0, 0.1) is 0 Å². The normalized spacial score (nSPS) is 13.8. The number of ether oxygens (including phenoxy) is 3. The smallest absolute Gasteiger partial charge is 1.00 e. The van der Waals surface area contributed by atoms with Crippen molar-refractivity contribution in [2.75, 3.05) is 47.6 Å². The van der Waals surface area contributed by atoms with E-state index in [-0.39, 0.29) is 149 Å². The number of benzene rings is 3. The van der Waals surface area contributed by atoms with Gasteiger partial charge in [0.1, 0.15) is 27.8 Å². The average molecular weight is 2610 g/mol. The standard InChI is InChI=1S/C23H34N2O3S2.C19H30BNO4.C19H26N2O2S.C10H16BrNOS2.C10H14BrNOS2.C6H5BrOS.C4H11NOS.4C2H6O.B.I2.Na.Ti.H/c1-16(24-30(27)23(5,6)7)20-13-18(15-29-20)19-12-10-9-11-17(19)14-25(8)21(26)28-22(2,3)4;1-17(2,3)23-16(22)21(8)13-14-11-9-10-12-15(14)20-24-18(4,5)19(6,7)25-20;1-13(20)17-10-15(12-24-17)16-9-7-6-8-14(16)11-21(5)18(22)23-19(2,3)4;2*1-7(9-5-8(11)6-14-9)12-15(13)10(2,3)4;1-4(8)6-2-5(7)3-9-6;1-4(2,3)7(5)6;4*1-2-3;;1-2;;;/h9-13,15-16,24H,14H2,1-8H3;9-12H,13H2,1-8H3;6-10,12-13H,11,20H2,1-5H3;5-7,12H,1-4H3;5-6H,1-4H3;2-3H,1H3;5H2,1-3H3;4*3H,2H2,1H3;;;;;/q;;;;;;;;;;;;;+1;;-1. The van der Waals surface area contributed by atoms with Crippen LogP contribution in [0.15, 0.2) is 148 Å². The number of ketones is 1. The van der Waals surface area contributed by atoms with Crippen LogP contribution in [0.5, 0.6) is 0 Å². The number of hydrogen-bond acceptors (Lipinski definition) is 23. The minimum Gasteiger partial charge on any atom is -1.00 e. The molecule has 7 unspecified atom stereocenters. The Labute approximate surface area is 971 Å². The monoisotopic (exact) mass is 2610 g/mol. The van der Waals surface area contributed by atoms with Crippen molar-refractivity contribution in [3.05, 3.63) is 185 Å².